The molecule has 3 rings (SSSR count). The SMILES string of the molecule is CCCCOc1ccc(-c2cnsc2-c2cc(OC)c(OC)cc2OC)cc1. The van der Waals surface area contributed by atoms with E-state index in [4.69, 9.17) is 18.9 Å². The van der Waals surface area contributed by atoms with Crippen molar-refractivity contribution in [2.24, 2.45) is 0 Å². The molecule has 0 spiro atoms. The highest BCUT2D eigenvalue weighted by molar-refractivity contribution is 7.10. The molecule has 0 N–H and O–H groups in total. The van der Waals surface area contributed by atoms with Gasteiger partial charge in [0.1, 0.15) is 11.5 Å². The smallest absolute Gasteiger partial charge is 0.164 e. The topological polar surface area (TPSA) is 49.8 Å². The van der Waals surface area contributed by atoms with Crippen LogP contribution in [0.25, 0.3) is 21.6 Å². The molecular weight excluding hydrogens is 374 g/mol. The lowest BCUT2D eigenvalue weighted by atomic mass is 10.0. The maximum absolute atomic E-state index is 5.76. The first-order chi connectivity index (χ1) is 13.7. The van der Waals surface area contributed by atoms with Crippen molar-refractivity contribution >= 4 is 11.5 Å². The van der Waals surface area contributed by atoms with Crippen molar-refractivity contribution in [2.45, 2.75) is 19.8 Å². The number of unbranched alkanes of at least 4 members (excludes halogenated alkanes) is 1. The Labute approximate surface area is 170 Å². The average molecular weight is 400 g/mol. The zero-order chi connectivity index (χ0) is 19.9. The van der Waals surface area contributed by atoms with Gasteiger partial charge in [0.05, 0.1) is 32.8 Å². The van der Waals surface area contributed by atoms with Crippen LogP contribution in [0, 0.1) is 0 Å². The molecule has 0 saturated carbocycles. The number of rotatable bonds is 9. The summed E-state index contributed by atoms with van der Waals surface area (Å²) >= 11 is 1.42. The summed E-state index contributed by atoms with van der Waals surface area (Å²) in [4.78, 5) is 1.01. The first kappa shape index (κ1) is 20.0. The molecule has 0 atom stereocenters. The molecule has 0 radical (unpaired) electrons. The van der Waals surface area contributed by atoms with Crippen molar-refractivity contribution in [3.63, 3.8) is 0 Å². The van der Waals surface area contributed by atoms with E-state index in [9.17, 15) is 0 Å². The molecule has 5 nitrogen and oxygen atoms in total. The second-order valence-electron chi connectivity index (χ2n) is 6.20. The van der Waals surface area contributed by atoms with Crippen LogP contribution in [0.2, 0.25) is 0 Å². The third-order valence-electron chi connectivity index (χ3n) is 4.45. The summed E-state index contributed by atoms with van der Waals surface area (Å²) in [6.07, 6.45) is 4.05. The maximum Gasteiger partial charge on any atom is 0.164 e. The highest BCUT2D eigenvalue weighted by Crippen LogP contribution is 2.45. The number of hydrogen-bond donors (Lipinski definition) is 0. The van der Waals surface area contributed by atoms with Crippen LogP contribution in [0.15, 0.2) is 42.6 Å². The van der Waals surface area contributed by atoms with E-state index in [2.05, 4.69) is 23.4 Å². The van der Waals surface area contributed by atoms with Gasteiger partial charge in [-0.05, 0) is 41.7 Å². The first-order valence-electron chi connectivity index (χ1n) is 9.20. The molecule has 0 unspecified atom stereocenters. The zero-order valence-corrected chi connectivity index (χ0v) is 17.5. The number of methoxy groups -OCH3 is 3. The quantitative estimate of drug-likeness (QED) is 0.433. The largest absolute Gasteiger partial charge is 0.496 e. The third kappa shape index (κ3) is 4.22. The molecule has 0 aliphatic heterocycles. The number of nitrogens with zero attached hydrogens (tertiary/aromatic N) is 1. The van der Waals surface area contributed by atoms with Gasteiger partial charge in [-0.15, -0.1) is 0 Å². The van der Waals surface area contributed by atoms with Crippen molar-refractivity contribution in [3.05, 3.63) is 42.6 Å². The highest BCUT2D eigenvalue weighted by atomic mass is 32.1. The maximum atomic E-state index is 5.76. The molecule has 3 aromatic rings. The summed E-state index contributed by atoms with van der Waals surface area (Å²) in [6, 6.07) is 11.9. The standard InChI is InChI=1S/C22H25NO4S/c1-5-6-11-27-16-9-7-15(8-10-16)18-14-23-28-22(18)17-12-20(25-3)21(26-4)13-19(17)24-2/h7-10,12-14H,5-6,11H2,1-4H3. The van der Waals surface area contributed by atoms with E-state index in [0.717, 1.165) is 46.8 Å². The molecule has 6 heteroatoms. The summed E-state index contributed by atoms with van der Waals surface area (Å²) in [5.41, 5.74) is 3.03. The van der Waals surface area contributed by atoms with Crippen molar-refractivity contribution in [3.8, 4) is 44.6 Å². The predicted octanol–water partition coefficient (Wildman–Crippen LogP) is 5.68. The summed E-state index contributed by atoms with van der Waals surface area (Å²) in [6.45, 7) is 2.89. The minimum absolute atomic E-state index is 0.628. The molecule has 0 aliphatic rings. The molecule has 28 heavy (non-hydrogen) atoms. The lowest BCUT2D eigenvalue weighted by Gasteiger charge is -2.14. The van der Waals surface area contributed by atoms with Gasteiger partial charge in [-0.3, -0.25) is 0 Å². The molecule has 0 fully saturated rings. The Morgan fingerprint density at radius 3 is 2.18 bits per heavy atom. The molecule has 0 amide bonds. The highest BCUT2D eigenvalue weighted by Gasteiger charge is 2.18. The summed E-state index contributed by atoms with van der Waals surface area (Å²) in [7, 11) is 4.88. The first-order valence-corrected chi connectivity index (χ1v) is 9.97. The van der Waals surface area contributed by atoms with Gasteiger partial charge >= 0.3 is 0 Å². The van der Waals surface area contributed by atoms with Crippen molar-refractivity contribution in [1.29, 1.82) is 0 Å². The van der Waals surface area contributed by atoms with E-state index in [0.29, 0.717) is 17.2 Å². The molecular formula is C22H25NO4S. The van der Waals surface area contributed by atoms with Crippen LogP contribution in [0.3, 0.4) is 0 Å². The van der Waals surface area contributed by atoms with E-state index < -0.39 is 0 Å². The minimum Gasteiger partial charge on any atom is -0.496 e. The van der Waals surface area contributed by atoms with Crippen molar-refractivity contribution in [1.82, 2.24) is 4.37 Å². The van der Waals surface area contributed by atoms with Gasteiger partial charge in [0.25, 0.3) is 0 Å². The third-order valence-corrected chi connectivity index (χ3v) is 5.29. The lowest BCUT2D eigenvalue weighted by molar-refractivity contribution is 0.309. The summed E-state index contributed by atoms with van der Waals surface area (Å²) in [5, 5.41) is 0. The molecule has 148 valence electrons. The number of aromatic nitrogens is 1. The Kier molecular flexibility index (Phi) is 6.76. The monoisotopic (exact) mass is 399 g/mol. The van der Waals surface area contributed by atoms with Gasteiger partial charge in [-0.1, -0.05) is 25.5 Å². The molecule has 0 aliphatic carbocycles. The van der Waals surface area contributed by atoms with Gasteiger partial charge in [0.15, 0.2) is 11.5 Å². The fourth-order valence-corrected chi connectivity index (χ4v) is 3.70. The number of ether oxygens (including phenoxy) is 4. The average Bonchev–Trinajstić information content (AvgIpc) is 3.23. The van der Waals surface area contributed by atoms with Crippen LogP contribution >= 0.6 is 11.5 Å². The van der Waals surface area contributed by atoms with Crippen LogP contribution in [-0.4, -0.2) is 32.3 Å². The van der Waals surface area contributed by atoms with Crippen LogP contribution in [0.1, 0.15) is 19.8 Å². The Morgan fingerprint density at radius 2 is 1.54 bits per heavy atom. The predicted molar refractivity (Wildman–Crippen MR) is 113 cm³/mol. The second-order valence-corrected chi connectivity index (χ2v) is 7.00. The Morgan fingerprint density at radius 1 is 0.857 bits per heavy atom. The fourth-order valence-electron chi connectivity index (χ4n) is 2.91. The van der Waals surface area contributed by atoms with E-state index in [1.165, 1.54) is 11.5 Å². The molecule has 2 aromatic carbocycles. The minimum atomic E-state index is 0.628. The molecule has 1 aromatic heterocycles. The van der Waals surface area contributed by atoms with Gasteiger partial charge in [-0.25, -0.2) is 0 Å². The number of hydrogen-bond acceptors (Lipinski definition) is 6. The Bertz CT molecular complexity index is 905. The van der Waals surface area contributed by atoms with Crippen molar-refractivity contribution in [2.75, 3.05) is 27.9 Å². The zero-order valence-electron chi connectivity index (χ0n) is 16.7. The second kappa shape index (κ2) is 9.46. The van der Waals surface area contributed by atoms with E-state index in [-0.39, 0.29) is 0 Å². The summed E-state index contributed by atoms with van der Waals surface area (Å²) in [5.74, 6) is 2.87. The van der Waals surface area contributed by atoms with Crippen molar-refractivity contribution < 1.29 is 18.9 Å². The van der Waals surface area contributed by atoms with E-state index in [1.54, 1.807) is 21.3 Å². The molecule has 1 heterocycles. The number of benzene rings is 2. The normalized spacial score (nSPS) is 10.6. The van der Waals surface area contributed by atoms with Crippen LogP contribution < -0.4 is 18.9 Å². The van der Waals surface area contributed by atoms with Gasteiger partial charge in [0, 0.05) is 23.4 Å². The van der Waals surface area contributed by atoms with E-state index in [1.807, 2.05) is 30.5 Å². The Hall–Kier alpha value is -2.73. The fraction of sp³-hybridized carbons (Fsp3) is 0.318. The molecule has 0 saturated heterocycles. The Balaban J connectivity index is 1.96. The van der Waals surface area contributed by atoms with Gasteiger partial charge < -0.3 is 18.9 Å². The van der Waals surface area contributed by atoms with Gasteiger partial charge in [0.2, 0.25) is 0 Å². The van der Waals surface area contributed by atoms with Gasteiger partial charge in [-0.2, -0.15) is 4.37 Å². The van der Waals surface area contributed by atoms with E-state index >= 15 is 0 Å². The van der Waals surface area contributed by atoms with Crippen LogP contribution in [0.4, 0.5) is 0 Å². The van der Waals surface area contributed by atoms with Crippen LogP contribution in [-0.2, 0) is 0 Å². The molecule has 0 bridgehead atoms. The lowest BCUT2D eigenvalue weighted by Crippen LogP contribution is -1.96. The summed E-state index contributed by atoms with van der Waals surface area (Å²) < 4.78 is 26.6. The van der Waals surface area contributed by atoms with Crippen LogP contribution in [0.5, 0.6) is 23.0 Å².